The number of amides is 2. The molecule has 104 valence electrons. The highest BCUT2D eigenvalue weighted by molar-refractivity contribution is 5.83. The molecule has 1 aliphatic rings. The number of carbonyl (C=O) groups excluding carboxylic acids is 1. The van der Waals surface area contributed by atoms with Crippen molar-refractivity contribution in [1.82, 2.24) is 10.6 Å². The van der Waals surface area contributed by atoms with Gasteiger partial charge < -0.3 is 15.7 Å². The summed E-state index contributed by atoms with van der Waals surface area (Å²) in [5.74, 6) is -0.225. The van der Waals surface area contributed by atoms with Gasteiger partial charge in [-0.3, -0.25) is 0 Å². The molecule has 18 heavy (non-hydrogen) atoms. The minimum Gasteiger partial charge on any atom is -0.480 e. The standard InChI is InChI=1S/C13H24N2O3/c1-8(2)4-5-9(3)14-13(18)15-11(12(16)17)10-6-7-10/h8-11H,4-7H2,1-3H3,(H,16,17)(H2,14,15,18). The lowest BCUT2D eigenvalue weighted by Gasteiger charge is -2.18. The Morgan fingerprint density at radius 3 is 2.22 bits per heavy atom. The number of nitrogens with one attached hydrogen (secondary N) is 2. The number of rotatable bonds is 7. The van der Waals surface area contributed by atoms with Crippen LogP contribution >= 0.6 is 0 Å². The lowest BCUT2D eigenvalue weighted by Crippen LogP contribution is -2.49. The van der Waals surface area contributed by atoms with Gasteiger partial charge in [-0.05, 0) is 44.4 Å². The van der Waals surface area contributed by atoms with E-state index in [-0.39, 0.29) is 18.0 Å². The van der Waals surface area contributed by atoms with E-state index < -0.39 is 12.0 Å². The molecule has 5 heteroatoms. The van der Waals surface area contributed by atoms with Gasteiger partial charge in [0.05, 0.1) is 0 Å². The van der Waals surface area contributed by atoms with Crippen LogP contribution in [0.2, 0.25) is 0 Å². The Kier molecular flexibility index (Phi) is 5.44. The molecule has 0 aromatic carbocycles. The monoisotopic (exact) mass is 256 g/mol. The number of hydrogen-bond donors (Lipinski definition) is 3. The van der Waals surface area contributed by atoms with Gasteiger partial charge in [-0.1, -0.05) is 13.8 Å². The summed E-state index contributed by atoms with van der Waals surface area (Å²) in [5.41, 5.74) is 0. The summed E-state index contributed by atoms with van der Waals surface area (Å²) in [6.07, 6.45) is 3.74. The van der Waals surface area contributed by atoms with E-state index in [1.807, 2.05) is 6.92 Å². The first kappa shape index (κ1) is 14.8. The molecule has 0 radical (unpaired) electrons. The van der Waals surface area contributed by atoms with Crippen LogP contribution in [0.25, 0.3) is 0 Å². The van der Waals surface area contributed by atoms with Gasteiger partial charge in [-0.2, -0.15) is 0 Å². The molecule has 0 heterocycles. The first-order chi connectivity index (χ1) is 8.40. The Morgan fingerprint density at radius 1 is 1.17 bits per heavy atom. The molecule has 2 amide bonds. The van der Waals surface area contributed by atoms with Gasteiger partial charge >= 0.3 is 12.0 Å². The zero-order chi connectivity index (χ0) is 13.7. The highest BCUT2D eigenvalue weighted by atomic mass is 16.4. The van der Waals surface area contributed by atoms with Crippen LogP contribution in [0.4, 0.5) is 4.79 Å². The molecule has 0 aromatic rings. The zero-order valence-corrected chi connectivity index (χ0v) is 11.4. The molecule has 1 saturated carbocycles. The fourth-order valence-electron chi connectivity index (χ4n) is 1.87. The molecular formula is C13H24N2O3. The molecule has 1 rings (SSSR count). The number of carboxylic acid groups (broad SMARTS) is 1. The Hall–Kier alpha value is -1.26. The summed E-state index contributed by atoms with van der Waals surface area (Å²) in [4.78, 5) is 22.6. The third-order valence-corrected chi connectivity index (χ3v) is 3.20. The molecule has 2 atom stereocenters. The second-order valence-electron chi connectivity index (χ2n) is 5.64. The molecule has 0 aliphatic heterocycles. The normalized spacial score (nSPS) is 18.2. The van der Waals surface area contributed by atoms with Crippen LogP contribution in [0.15, 0.2) is 0 Å². The molecular weight excluding hydrogens is 232 g/mol. The van der Waals surface area contributed by atoms with Crippen molar-refractivity contribution in [2.24, 2.45) is 11.8 Å². The molecule has 1 fully saturated rings. The molecule has 0 bridgehead atoms. The molecule has 0 aromatic heterocycles. The van der Waals surface area contributed by atoms with E-state index in [2.05, 4.69) is 24.5 Å². The lowest BCUT2D eigenvalue weighted by atomic mass is 10.0. The van der Waals surface area contributed by atoms with Gasteiger partial charge in [0.15, 0.2) is 0 Å². The van der Waals surface area contributed by atoms with E-state index in [0.29, 0.717) is 5.92 Å². The average Bonchev–Trinajstić information content (AvgIpc) is 3.06. The summed E-state index contributed by atoms with van der Waals surface area (Å²) >= 11 is 0. The SMILES string of the molecule is CC(C)CCC(C)NC(=O)NC(C(=O)O)C1CC1. The maximum atomic E-state index is 11.7. The highest BCUT2D eigenvalue weighted by Crippen LogP contribution is 2.32. The summed E-state index contributed by atoms with van der Waals surface area (Å²) in [5, 5.41) is 14.3. The Labute approximate surface area is 108 Å². The summed E-state index contributed by atoms with van der Waals surface area (Å²) in [6.45, 7) is 6.22. The van der Waals surface area contributed by atoms with Crippen molar-refractivity contribution >= 4 is 12.0 Å². The maximum absolute atomic E-state index is 11.7. The first-order valence-electron chi connectivity index (χ1n) is 6.70. The van der Waals surface area contributed by atoms with Crippen LogP contribution in [0.3, 0.4) is 0 Å². The zero-order valence-electron chi connectivity index (χ0n) is 11.4. The van der Waals surface area contributed by atoms with Crippen molar-refractivity contribution in [3.63, 3.8) is 0 Å². The molecule has 0 spiro atoms. The fourth-order valence-corrected chi connectivity index (χ4v) is 1.87. The third-order valence-electron chi connectivity index (χ3n) is 3.20. The van der Waals surface area contributed by atoms with Crippen molar-refractivity contribution < 1.29 is 14.7 Å². The lowest BCUT2D eigenvalue weighted by molar-refractivity contribution is -0.139. The summed E-state index contributed by atoms with van der Waals surface area (Å²) in [6, 6.07) is -1.03. The van der Waals surface area contributed by atoms with Crippen LogP contribution in [-0.2, 0) is 4.79 Å². The number of hydrogen-bond acceptors (Lipinski definition) is 2. The Morgan fingerprint density at radius 2 is 1.78 bits per heavy atom. The van der Waals surface area contributed by atoms with Crippen LogP contribution in [-0.4, -0.2) is 29.2 Å². The molecule has 1 aliphatic carbocycles. The van der Waals surface area contributed by atoms with Crippen molar-refractivity contribution in [2.45, 2.75) is 58.5 Å². The smallest absolute Gasteiger partial charge is 0.326 e. The summed E-state index contributed by atoms with van der Waals surface area (Å²) < 4.78 is 0. The first-order valence-corrected chi connectivity index (χ1v) is 6.70. The topological polar surface area (TPSA) is 78.4 Å². The predicted molar refractivity (Wildman–Crippen MR) is 69.3 cm³/mol. The fraction of sp³-hybridized carbons (Fsp3) is 0.846. The van der Waals surface area contributed by atoms with Crippen LogP contribution < -0.4 is 10.6 Å². The predicted octanol–water partition coefficient (Wildman–Crippen LogP) is 1.97. The van der Waals surface area contributed by atoms with E-state index in [0.717, 1.165) is 25.7 Å². The van der Waals surface area contributed by atoms with E-state index in [1.165, 1.54) is 0 Å². The van der Waals surface area contributed by atoms with E-state index in [9.17, 15) is 9.59 Å². The van der Waals surface area contributed by atoms with E-state index >= 15 is 0 Å². The minimum atomic E-state index is -0.942. The second-order valence-corrected chi connectivity index (χ2v) is 5.64. The number of carbonyl (C=O) groups is 2. The van der Waals surface area contributed by atoms with E-state index in [1.54, 1.807) is 0 Å². The van der Waals surface area contributed by atoms with Crippen LogP contribution in [0.1, 0.15) is 46.5 Å². The highest BCUT2D eigenvalue weighted by Gasteiger charge is 2.37. The minimum absolute atomic E-state index is 0.0704. The molecule has 5 nitrogen and oxygen atoms in total. The number of urea groups is 1. The molecule has 0 saturated heterocycles. The van der Waals surface area contributed by atoms with Crippen LogP contribution in [0.5, 0.6) is 0 Å². The van der Waals surface area contributed by atoms with Gasteiger partial charge in [-0.25, -0.2) is 9.59 Å². The second kappa shape index (κ2) is 6.61. The average molecular weight is 256 g/mol. The number of carboxylic acids is 1. The molecule has 2 unspecified atom stereocenters. The quantitative estimate of drug-likeness (QED) is 0.651. The molecule has 3 N–H and O–H groups in total. The van der Waals surface area contributed by atoms with Gasteiger partial charge in [-0.15, -0.1) is 0 Å². The van der Waals surface area contributed by atoms with Gasteiger partial charge in [0.1, 0.15) is 6.04 Å². The van der Waals surface area contributed by atoms with Crippen LogP contribution in [0, 0.1) is 11.8 Å². The van der Waals surface area contributed by atoms with Crippen molar-refractivity contribution in [2.75, 3.05) is 0 Å². The largest absolute Gasteiger partial charge is 0.480 e. The van der Waals surface area contributed by atoms with E-state index in [4.69, 9.17) is 5.11 Å². The summed E-state index contributed by atoms with van der Waals surface area (Å²) in [7, 11) is 0. The number of aliphatic carboxylic acids is 1. The van der Waals surface area contributed by atoms with Crippen molar-refractivity contribution in [1.29, 1.82) is 0 Å². The van der Waals surface area contributed by atoms with Crippen molar-refractivity contribution in [3.8, 4) is 0 Å². The van der Waals surface area contributed by atoms with Gasteiger partial charge in [0.2, 0.25) is 0 Å². The Balaban J connectivity index is 2.29. The third kappa shape index (κ3) is 5.38. The van der Waals surface area contributed by atoms with Gasteiger partial charge in [0.25, 0.3) is 0 Å². The van der Waals surface area contributed by atoms with Gasteiger partial charge in [0, 0.05) is 6.04 Å². The Bertz CT molecular complexity index is 301. The maximum Gasteiger partial charge on any atom is 0.326 e. The van der Waals surface area contributed by atoms with Crippen molar-refractivity contribution in [3.05, 3.63) is 0 Å².